The number of aryl methyl sites for hydroxylation is 1. The van der Waals surface area contributed by atoms with Crippen molar-refractivity contribution in [3.8, 4) is 0 Å². The molecule has 1 amide bonds. The summed E-state index contributed by atoms with van der Waals surface area (Å²) in [7, 11) is -6.70. The Morgan fingerprint density at radius 3 is 2.29 bits per heavy atom. The highest BCUT2D eigenvalue weighted by Gasteiger charge is 2.15. The smallest absolute Gasteiger partial charge is 0.279 e. The minimum atomic E-state index is -3.35. The van der Waals surface area contributed by atoms with Crippen LogP contribution in [0.25, 0.3) is 10.2 Å². The van der Waals surface area contributed by atoms with Crippen LogP contribution in [0.2, 0.25) is 0 Å². The van der Waals surface area contributed by atoms with Crippen molar-refractivity contribution in [2.45, 2.75) is 23.3 Å². The van der Waals surface area contributed by atoms with E-state index in [9.17, 15) is 21.6 Å². The number of hydrogen-bond donors (Lipinski definition) is 0. The maximum Gasteiger partial charge on any atom is 0.279 e. The first kappa shape index (κ1) is 23.7. The fourth-order valence-corrected chi connectivity index (χ4v) is 5.96. The second-order valence-electron chi connectivity index (χ2n) is 6.78. The molecule has 0 aliphatic rings. The number of thioether (sulfide) groups is 1. The second-order valence-corrected chi connectivity index (χ2v) is 13.1. The third-order valence-corrected chi connectivity index (χ3v) is 9.13. The van der Waals surface area contributed by atoms with E-state index >= 15 is 0 Å². The van der Waals surface area contributed by atoms with Crippen molar-refractivity contribution in [3.05, 3.63) is 52.8 Å². The Morgan fingerprint density at radius 2 is 1.71 bits per heavy atom. The molecule has 31 heavy (non-hydrogen) atoms. The maximum absolute atomic E-state index is 12.7. The lowest BCUT2D eigenvalue weighted by atomic mass is 10.2. The normalized spacial score (nSPS) is 13.1. The number of nitrogens with zero attached hydrogens (tertiary/aromatic N) is 2. The van der Waals surface area contributed by atoms with Crippen LogP contribution < -0.4 is 4.80 Å². The summed E-state index contributed by atoms with van der Waals surface area (Å²) in [6.07, 6.45) is 3.13. The van der Waals surface area contributed by atoms with E-state index in [2.05, 4.69) is 4.99 Å². The van der Waals surface area contributed by atoms with Crippen LogP contribution in [0.5, 0.6) is 0 Å². The van der Waals surface area contributed by atoms with Gasteiger partial charge in [0.25, 0.3) is 5.91 Å². The molecule has 0 fully saturated rings. The first-order valence-corrected chi connectivity index (χ1v) is 15.1. The monoisotopic (exact) mass is 498 g/mol. The van der Waals surface area contributed by atoms with Crippen LogP contribution in [0.1, 0.15) is 17.3 Å². The minimum Gasteiger partial charge on any atom is -0.316 e. The fourth-order valence-electron chi connectivity index (χ4n) is 2.89. The van der Waals surface area contributed by atoms with E-state index in [-0.39, 0.29) is 21.1 Å². The van der Waals surface area contributed by atoms with E-state index in [0.29, 0.717) is 11.3 Å². The molecule has 0 N–H and O–H groups in total. The summed E-state index contributed by atoms with van der Waals surface area (Å²) in [4.78, 5) is 17.8. The van der Waals surface area contributed by atoms with Gasteiger partial charge in [0.1, 0.15) is 0 Å². The predicted molar refractivity (Wildman–Crippen MR) is 125 cm³/mol. The molecule has 166 valence electrons. The SMILES string of the molecule is CCS(=O)(=O)c1ccc(C(=O)N=c2sc3cc(S(C)(=O)=O)ccc3n2CCSC)cc1. The molecule has 2 aromatic carbocycles. The van der Waals surface area contributed by atoms with E-state index in [4.69, 9.17) is 0 Å². The van der Waals surface area contributed by atoms with Crippen LogP contribution in [0.3, 0.4) is 0 Å². The zero-order valence-corrected chi connectivity index (χ0v) is 20.5. The molecule has 3 rings (SSSR count). The average molecular weight is 499 g/mol. The van der Waals surface area contributed by atoms with Gasteiger partial charge in [-0.15, -0.1) is 0 Å². The molecule has 0 radical (unpaired) electrons. The number of carbonyl (C=O) groups is 1. The van der Waals surface area contributed by atoms with Gasteiger partial charge in [0.2, 0.25) is 0 Å². The third-order valence-electron chi connectivity index (χ3n) is 4.64. The van der Waals surface area contributed by atoms with Crippen LogP contribution in [0, 0.1) is 0 Å². The Bertz CT molecular complexity index is 1400. The van der Waals surface area contributed by atoms with Crippen molar-refractivity contribution in [2.24, 2.45) is 4.99 Å². The van der Waals surface area contributed by atoms with E-state index in [0.717, 1.165) is 22.2 Å². The molecule has 11 heteroatoms. The fraction of sp³-hybridized carbons (Fsp3) is 0.300. The molecule has 0 aliphatic heterocycles. The van der Waals surface area contributed by atoms with Crippen molar-refractivity contribution in [1.82, 2.24) is 4.57 Å². The summed E-state index contributed by atoms with van der Waals surface area (Å²) in [5, 5.41) is 0. The van der Waals surface area contributed by atoms with Gasteiger partial charge in [-0.1, -0.05) is 18.3 Å². The van der Waals surface area contributed by atoms with Crippen molar-refractivity contribution < 1.29 is 21.6 Å². The number of aromatic nitrogens is 1. The summed E-state index contributed by atoms with van der Waals surface area (Å²) >= 11 is 2.89. The number of amides is 1. The number of rotatable bonds is 7. The van der Waals surface area contributed by atoms with Gasteiger partial charge in [-0.05, 0) is 48.7 Å². The van der Waals surface area contributed by atoms with Gasteiger partial charge >= 0.3 is 0 Å². The summed E-state index contributed by atoms with van der Waals surface area (Å²) in [6.45, 7) is 2.17. The standard InChI is InChI=1S/C20H22N2O5S4/c1-4-31(26,27)15-7-5-14(6-8-15)19(23)21-20-22(11-12-28-2)17-10-9-16(30(3,24)25)13-18(17)29-20/h5-10,13H,4,11-12H2,1-3H3. The van der Waals surface area contributed by atoms with Gasteiger partial charge in [-0.3, -0.25) is 4.79 Å². The van der Waals surface area contributed by atoms with Gasteiger partial charge in [-0.25, -0.2) is 16.8 Å². The summed E-state index contributed by atoms with van der Waals surface area (Å²) < 4.78 is 50.3. The Balaban J connectivity index is 2.08. The molecule has 7 nitrogen and oxygen atoms in total. The molecule has 1 heterocycles. The predicted octanol–water partition coefficient (Wildman–Crippen LogP) is 3.00. The molecule has 0 bridgehead atoms. The van der Waals surface area contributed by atoms with Crippen LogP contribution in [-0.4, -0.2) is 51.3 Å². The number of hydrogen-bond acceptors (Lipinski definition) is 7. The summed E-state index contributed by atoms with van der Waals surface area (Å²) in [5.41, 5.74) is 1.09. The van der Waals surface area contributed by atoms with Gasteiger partial charge < -0.3 is 4.57 Å². The second kappa shape index (κ2) is 9.27. The molecular weight excluding hydrogens is 476 g/mol. The van der Waals surface area contributed by atoms with E-state index in [1.165, 1.54) is 35.6 Å². The van der Waals surface area contributed by atoms with Crippen molar-refractivity contribution in [1.29, 1.82) is 0 Å². The highest BCUT2D eigenvalue weighted by molar-refractivity contribution is 7.98. The van der Waals surface area contributed by atoms with E-state index in [1.54, 1.807) is 36.9 Å². The first-order chi connectivity index (χ1) is 14.6. The molecule has 1 aromatic heterocycles. The molecule has 0 aliphatic carbocycles. The molecule has 0 spiro atoms. The number of carbonyl (C=O) groups excluding carboxylic acids is 1. The lowest BCUT2D eigenvalue weighted by Gasteiger charge is -2.05. The van der Waals surface area contributed by atoms with Gasteiger partial charge in [0, 0.05) is 24.1 Å². The van der Waals surface area contributed by atoms with Gasteiger partial charge in [0.15, 0.2) is 24.5 Å². The van der Waals surface area contributed by atoms with Gasteiger partial charge in [0.05, 0.1) is 25.8 Å². The van der Waals surface area contributed by atoms with E-state index in [1.807, 2.05) is 10.8 Å². The molecule has 0 unspecified atom stereocenters. The summed E-state index contributed by atoms with van der Waals surface area (Å²) in [6, 6.07) is 10.6. The van der Waals surface area contributed by atoms with Crippen molar-refractivity contribution in [2.75, 3.05) is 24.0 Å². The maximum atomic E-state index is 12.7. The van der Waals surface area contributed by atoms with Crippen LogP contribution in [0.15, 0.2) is 57.2 Å². The zero-order valence-electron chi connectivity index (χ0n) is 17.2. The topological polar surface area (TPSA) is 103 Å². The highest BCUT2D eigenvalue weighted by atomic mass is 32.2. The number of benzene rings is 2. The zero-order chi connectivity index (χ0) is 22.8. The van der Waals surface area contributed by atoms with E-state index < -0.39 is 25.6 Å². The average Bonchev–Trinajstić information content (AvgIpc) is 3.07. The Hall–Kier alpha value is -1.95. The lowest BCUT2D eigenvalue weighted by Crippen LogP contribution is -2.18. The molecule has 0 saturated carbocycles. The molecule has 3 aromatic rings. The highest BCUT2D eigenvalue weighted by Crippen LogP contribution is 2.22. The Kier molecular flexibility index (Phi) is 7.09. The van der Waals surface area contributed by atoms with Crippen molar-refractivity contribution in [3.63, 3.8) is 0 Å². The lowest BCUT2D eigenvalue weighted by molar-refractivity contribution is 0.0997. The third kappa shape index (κ3) is 5.28. The van der Waals surface area contributed by atoms with Crippen molar-refractivity contribution >= 4 is 58.9 Å². The van der Waals surface area contributed by atoms with Gasteiger partial charge in [-0.2, -0.15) is 16.8 Å². The number of thiazole rings is 1. The molecule has 0 saturated heterocycles. The summed E-state index contributed by atoms with van der Waals surface area (Å²) in [5.74, 6) is 0.287. The number of sulfone groups is 2. The van der Waals surface area contributed by atoms with Crippen LogP contribution in [0.4, 0.5) is 0 Å². The Morgan fingerprint density at radius 1 is 1.06 bits per heavy atom. The first-order valence-electron chi connectivity index (χ1n) is 9.31. The molecular formula is C20H22N2O5S4. The quantitative estimate of drug-likeness (QED) is 0.496. The van der Waals surface area contributed by atoms with Crippen LogP contribution >= 0.6 is 23.1 Å². The molecule has 0 atom stereocenters. The Labute approximate surface area is 189 Å². The minimum absolute atomic E-state index is 0.0165. The van der Waals surface area contributed by atoms with Crippen LogP contribution in [-0.2, 0) is 26.2 Å². The largest absolute Gasteiger partial charge is 0.316 e. The number of fused-ring (bicyclic) bond motifs is 1.